The van der Waals surface area contributed by atoms with Gasteiger partial charge in [-0.2, -0.15) is 0 Å². The van der Waals surface area contributed by atoms with Crippen molar-refractivity contribution in [3.05, 3.63) is 43.1 Å². The van der Waals surface area contributed by atoms with Crippen LogP contribution in [0.5, 0.6) is 0 Å². The van der Waals surface area contributed by atoms with Crippen molar-refractivity contribution in [3.8, 4) is 0 Å². The van der Waals surface area contributed by atoms with Crippen molar-refractivity contribution in [1.82, 2.24) is 9.80 Å². The van der Waals surface area contributed by atoms with E-state index in [0.717, 1.165) is 52.2 Å². The number of rotatable bonds is 3. The van der Waals surface area contributed by atoms with E-state index in [9.17, 15) is 9.59 Å². The van der Waals surface area contributed by atoms with Crippen molar-refractivity contribution in [2.75, 3.05) is 33.2 Å². The quantitative estimate of drug-likeness (QED) is 0.327. The molecule has 5 nitrogen and oxygen atoms in total. The summed E-state index contributed by atoms with van der Waals surface area (Å²) in [6, 6.07) is 5.65. The molecule has 3 aromatic rings. The molecule has 1 aliphatic rings. The number of ketones is 1. The molecule has 2 aromatic heterocycles. The molecular formula is C19H19BrN2O3Se. The Balaban J connectivity index is 1.78. The summed E-state index contributed by atoms with van der Waals surface area (Å²) >= 11 is 3.87. The van der Waals surface area contributed by atoms with Crippen molar-refractivity contribution >= 4 is 56.8 Å². The average Bonchev–Trinajstić information content (AvgIpc) is 2.93. The zero-order valence-electron chi connectivity index (χ0n) is 14.7. The molecule has 0 aliphatic carbocycles. The zero-order valence-corrected chi connectivity index (χ0v) is 18.0. The summed E-state index contributed by atoms with van der Waals surface area (Å²) in [6.45, 7) is 6.67. The van der Waals surface area contributed by atoms with Crippen LogP contribution < -0.4 is 5.63 Å². The van der Waals surface area contributed by atoms with E-state index in [1.54, 1.807) is 6.07 Å². The number of carbonyl (C=O) groups is 1. The van der Waals surface area contributed by atoms with Crippen LogP contribution in [0.1, 0.15) is 21.7 Å². The Hall–Kier alpha value is -1.24. The van der Waals surface area contributed by atoms with Crippen LogP contribution in [0, 0.1) is 0 Å². The second-order valence-electron chi connectivity index (χ2n) is 6.78. The molecule has 136 valence electrons. The minimum absolute atomic E-state index is 0.102. The van der Waals surface area contributed by atoms with Crippen LogP contribution in [0.15, 0.2) is 31.9 Å². The van der Waals surface area contributed by atoms with E-state index in [2.05, 4.69) is 38.8 Å². The Morgan fingerprint density at radius 1 is 1.27 bits per heavy atom. The first-order valence-corrected chi connectivity index (χ1v) is 11.0. The van der Waals surface area contributed by atoms with E-state index < -0.39 is 5.63 Å². The molecule has 1 aliphatic heterocycles. The Morgan fingerprint density at radius 2 is 2.00 bits per heavy atom. The number of piperazine rings is 1. The number of hydrogen-bond donors (Lipinski definition) is 0. The summed E-state index contributed by atoms with van der Waals surface area (Å²) in [7, 11) is 2.16. The summed E-state index contributed by atoms with van der Waals surface area (Å²) < 4.78 is 9.17. The Bertz CT molecular complexity index is 1060. The van der Waals surface area contributed by atoms with Gasteiger partial charge in [-0.1, -0.05) is 0 Å². The van der Waals surface area contributed by atoms with Crippen LogP contribution in [-0.4, -0.2) is 63.3 Å². The fourth-order valence-electron chi connectivity index (χ4n) is 3.31. The second kappa shape index (κ2) is 7.06. The van der Waals surface area contributed by atoms with Crippen molar-refractivity contribution < 1.29 is 9.21 Å². The van der Waals surface area contributed by atoms with Gasteiger partial charge in [0.15, 0.2) is 0 Å². The standard InChI is InChI=1S/C19H19BrN2O3Se/c1-11(23)14-9-12-3-4-13-16(20)15(10-22-7-5-21(2)6-8-22)26-18(13)17(12)25-19(14)24/h3-4,9H,5-8,10H2,1-2H3. The number of nitrogens with zero attached hydrogens (tertiary/aromatic N) is 2. The monoisotopic (exact) mass is 482 g/mol. The summed E-state index contributed by atoms with van der Waals surface area (Å²) in [5.41, 5.74) is 0.202. The third-order valence-electron chi connectivity index (χ3n) is 4.91. The normalized spacial score (nSPS) is 16.6. The van der Waals surface area contributed by atoms with Crippen molar-refractivity contribution in [2.45, 2.75) is 13.5 Å². The second-order valence-corrected chi connectivity index (χ2v) is 9.89. The fraction of sp³-hybridized carbons (Fsp3) is 0.368. The van der Waals surface area contributed by atoms with E-state index >= 15 is 0 Å². The molecular weight excluding hydrogens is 463 g/mol. The molecule has 4 rings (SSSR count). The van der Waals surface area contributed by atoms with Crippen LogP contribution in [-0.2, 0) is 6.54 Å². The molecule has 7 heteroatoms. The molecule has 0 atom stereocenters. The van der Waals surface area contributed by atoms with Gasteiger partial charge in [-0.3, -0.25) is 0 Å². The van der Waals surface area contributed by atoms with Crippen LogP contribution in [0.2, 0.25) is 0 Å². The van der Waals surface area contributed by atoms with Crippen LogP contribution in [0.4, 0.5) is 0 Å². The van der Waals surface area contributed by atoms with Crippen LogP contribution >= 0.6 is 15.9 Å². The van der Waals surface area contributed by atoms with Gasteiger partial charge in [-0.25, -0.2) is 0 Å². The number of benzene rings is 1. The summed E-state index contributed by atoms with van der Waals surface area (Å²) in [5.74, 6) is -0.262. The number of likely N-dealkylation sites (N-methyl/N-ethyl adjacent to an activating group) is 1. The first kappa shape index (κ1) is 18.1. The summed E-state index contributed by atoms with van der Waals surface area (Å²) in [5, 5.41) is 1.93. The van der Waals surface area contributed by atoms with E-state index in [0.29, 0.717) is 5.58 Å². The van der Waals surface area contributed by atoms with Gasteiger partial charge < -0.3 is 0 Å². The number of hydrogen-bond acceptors (Lipinski definition) is 5. The summed E-state index contributed by atoms with van der Waals surface area (Å²) in [6.07, 6.45) is 0. The summed E-state index contributed by atoms with van der Waals surface area (Å²) in [4.78, 5) is 28.6. The van der Waals surface area contributed by atoms with Gasteiger partial charge in [0.2, 0.25) is 0 Å². The molecule has 0 saturated carbocycles. The molecule has 1 aromatic carbocycles. The molecule has 0 unspecified atom stereocenters. The molecule has 1 saturated heterocycles. The Labute approximate surface area is 165 Å². The maximum atomic E-state index is 12.2. The molecule has 26 heavy (non-hydrogen) atoms. The SMILES string of the molecule is CC(=O)c1cc2ccc3c(Br)c(CN4CCN(C)CC4)[se]c3c2oc1=O. The molecule has 0 bridgehead atoms. The molecule has 0 spiro atoms. The van der Waals surface area contributed by atoms with Gasteiger partial charge in [0.25, 0.3) is 0 Å². The average molecular weight is 482 g/mol. The maximum absolute atomic E-state index is 12.2. The van der Waals surface area contributed by atoms with Gasteiger partial charge in [-0.15, -0.1) is 0 Å². The number of Topliss-reactive ketones (excluding diaryl/α,β-unsaturated/α-hetero) is 1. The Morgan fingerprint density at radius 3 is 2.69 bits per heavy atom. The topological polar surface area (TPSA) is 53.8 Å². The van der Waals surface area contributed by atoms with Crippen LogP contribution in [0.3, 0.4) is 0 Å². The number of fused-ring (bicyclic) bond motifs is 3. The van der Waals surface area contributed by atoms with Crippen molar-refractivity contribution in [3.63, 3.8) is 0 Å². The first-order valence-electron chi connectivity index (χ1n) is 8.53. The predicted molar refractivity (Wildman–Crippen MR) is 107 cm³/mol. The van der Waals surface area contributed by atoms with Crippen LogP contribution in [0.25, 0.3) is 20.6 Å². The molecule has 0 radical (unpaired) electrons. The van der Waals surface area contributed by atoms with Gasteiger partial charge in [-0.05, 0) is 0 Å². The van der Waals surface area contributed by atoms with E-state index in [4.69, 9.17) is 4.42 Å². The first-order chi connectivity index (χ1) is 12.4. The van der Waals surface area contributed by atoms with E-state index in [1.165, 1.54) is 11.4 Å². The van der Waals surface area contributed by atoms with Crippen molar-refractivity contribution in [1.29, 1.82) is 0 Å². The van der Waals surface area contributed by atoms with E-state index in [-0.39, 0.29) is 25.9 Å². The van der Waals surface area contributed by atoms with Gasteiger partial charge in [0, 0.05) is 0 Å². The van der Waals surface area contributed by atoms with Gasteiger partial charge in [0.1, 0.15) is 0 Å². The Kier molecular flexibility index (Phi) is 4.92. The third kappa shape index (κ3) is 3.23. The van der Waals surface area contributed by atoms with E-state index in [1.807, 2.05) is 6.07 Å². The predicted octanol–water partition coefficient (Wildman–Crippen LogP) is 2.72. The zero-order chi connectivity index (χ0) is 18.4. The fourth-order valence-corrected chi connectivity index (χ4v) is 7.05. The number of carbonyl (C=O) groups excluding carboxylic acids is 1. The van der Waals surface area contributed by atoms with Gasteiger partial charge in [0.05, 0.1) is 0 Å². The minimum atomic E-state index is -0.544. The molecule has 1 fully saturated rings. The number of halogens is 1. The molecule has 0 N–H and O–H groups in total. The van der Waals surface area contributed by atoms with Crippen molar-refractivity contribution in [2.24, 2.45) is 0 Å². The molecule has 0 amide bonds. The molecule has 3 heterocycles. The third-order valence-corrected chi connectivity index (χ3v) is 8.90. The van der Waals surface area contributed by atoms with Gasteiger partial charge >= 0.3 is 166 Å².